The molecule has 180 valence electrons. The number of aromatic amines is 1. The number of carbonyl (C=O) groups excluding carboxylic acids is 2. The number of hydrogen-bond acceptors (Lipinski definition) is 7. The number of aromatic nitrogens is 4. The molecule has 1 unspecified atom stereocenters. The molecule has 36 heavy (non-hydrogen) atoms. The van der Waals surface area contributed by atoms with Crippen LogP contribution in [0.2, 0.25) is 0 Å². The summed E-state index contributed by atoms with van der Waals surface area (Å²) in [6, 6.07) is 25.4. The fourth-order valence-corrected chi connectivity index (χ4v) is 3.94. The maximum atomic E-state index is 13.1. The first-order valence-corrected chi connectivity index (χ1v) is 11.5. The number of fused-ring (bicyclic) bond motifs is 1. The Balaban J connectivity index is 1.41. The number of ether oxygens (including phenoxy) is 2. The number of ketones is 1. The molecule has 1 aliphatic heterocycles. The molecular formula is C27H23N5O4. The van der Waals surface area contributed by atoms with E-state index in [1.807, 2.05) is 42.5 Å². The van der Waals surface area contributed by atoms with E-state index in [1.54, 1.807) is 42.5 Å². The van der Waals surface area contributed by atoms with E-state index in [1.165, 1.54) is 0 Å². The lowest BCUT2D eigenvalue weighted by atomic mass is 10.0. The highest BCUT2D eigenvalue weighted by Gasteiger charge is 2.34. The fourth-order valence-electron chi connectivity index (χ4n) is 3.94. The molecule has 9 nitrogen and oxygen atoms in total. The number of para-hydroxylation sites is 1. The maximum Gasteiger partial charge on any atom is 0.255 e. The standard InChI is InChI=1S/C27H23N5O4/c33-21(18-10-3-1-4-11-18)15-9-17-35-24-20-14-7-8-16-22(20)36-25(26-29-31-32-30-26)23(24)28-27(34)19-12-5-2-6-13-19/h1-8,10-14,16,24H,9,15,17H2,(H,28,34)(H,29,30,31,32). The van der Waals surface area contributed by atoms with Gasteiger partial charge in [0.15, 0.2) is 11.5 Å². The van der Waals surface area contributed by atoms with Crippen molar-refractivity contribution >= 4 is 17.4 Å². The van der Waals surface area contributed by atoms with Gasteiger partial charge in [-0.25, -0.2) is 0 Å². The molecule has 0 bridgehead atoms. The number of benzene rings is 3. The predicted octanol–water partition coefficient (Wildman–Crippen LogP) is 4.11. The van der Waals surface area contributed by atoms with Gasteiger partial charge in [-0.15, -0.1) is 10.2 Å². The van der Waals surface area contributed by atoms with Crippen molar-refractivity contribution in [3.05, 3.63) is 113 Å². The average molecular weight is 482 g/mol. The number of tetrazole rings is 1. The summed E-state index contributed by atoms with van der Waals surface area (Å²) in [5.41, 5.74) is 2.24. The molecule has 0 saturated carbocycles. The van der Waals surface area contributed by atoms with Gasteiger partial charge in [-0.2, -0.15) is 5.21 Å². The zero-order valence-electron chi connectivity index (χ0n) is 19.3. The highest BCUT2D eigenvalue weighted by Crippen LogP contribution is 2.41. The molecule has 2 N–H and O–H groups in total. The highest BCUT2D eigenvalue weighted by molar-refractivity contribution is 5.96. The Kier molecular flexibility index (Phi) is 6.90. The Morgan fingerprint density at radius 2 is 1.61 bits per heavy atom. The third kappa shape index (κ3) is 5.06. The number of rotatable bonds is 9. The molecule has 0 aliphatic carbocycles. The molecule has 4 aromatic rings. The van der Waals surface area contributed by atoms with Gasteiger partial charge in [0.05, 0.1) is 5.70 Å². The number of amides is 1. The minimum absolute atomic E-state index is 0.0483. The first-order valence-electron chi connectivity index (χ1n) is 11.5. The van der Waals surface area contributed by atoms with E-state index < -0.39 is 6.10 Å². The summed E-state index contributed by atoms with van der Waals surface area (Å²) in [4.78, 5) is 25.6. The molecule has 2 heterocycles. The molecule has 1 aromatic heterocycles. The number of hydrogen-bond donors (Lipinski definition) is 2. The first-order chi connectivity index (χ1) is 17.7. The second kappa shape index (κ2) is 10.7. The second-order valence-electron chi connectivity index (χ2n) is 8.08. The number of carbonyl (C=O) groups is 2. The van der Waals surface area contributed by atoms with E-state index >= 15 is 0 Å². The van der Waals surface area contributed by atoms with Gasteiger partial charge in [-0.1, -0.05) is 66.7 Å². The lowest BCUT2D eigenvalue weighted by molar-refractivity contribution is 0.0604. The molecule has 0 fully saturated rings. The molecule has 0 radical (unpaired) electrons. The summed E-state index contributed by atoms with van der Waals surface area (Å²) in [6.07, 6.45) is 0.162. The third-order valence-corrected chi connectivity index (χ3v) is 5.68. The maximum absolute atomic E-state index is 13.1. The normalized spacial score (nSPS) is 14.6. The largest absolute Gasteiger partial charge is 0.451 e. The minimum atomic E-state index is -0.678. The van der Waals surface area contributed by atoms with Crippen molar-refractivity contribution in [2.24, 2.45) is 0 Å². The summed E-state index contributed by atoms with van der Waals surface area (Å²) in [6.45, 7) is 0.280. The molecule has 9 heteroatoms. The topological polar surface area (TPSA) is 119 Å². The van der Waals surface area contributed by atoms with Crippen molar-refractivity contribution in [1.29, 1.82) is 0 Å². The zero-order valence-corrected chi connectivity index (χ0v) is 19.3. The predicted molar refractivity (Wildman–Crippen MR) is 131 cm³/mol. The Labute approximate surface area is 207 Å². The molecule has 5 rings (SSSR count). The van der Waals surface area contributed by atoms with Crippen LogP contribution >= 0.6 is 0 Å². The summed E-state index contributed by atoms with van der Waals surface area (Å²) < 4.78 is 12.4. The van der Waals surface area contributed by atoms with Crippen LogP contribution in [0.1, 0.15) is 51.0 Å². The van der Waals surface area contributed by atoms with Crippen LogP contribution in [0.15, 0.2) is 90.6 Å². The van der Waals surface area contributed by atoms with Crippen molar-refractivity contribution < 1.29 is 19.1 Å². The van der Waals surface area contributed by atoms with Crippen LogP contribution in [-0.2, 0) is 4.74 Å². The Hall–Kier alpha value is -4.63. The van der Waals surface area contributed by atoms with Crippen LogP contribution in [0.25, 0.3) is 5.76 Å². The highest BCUT2D eigenvalue weighted by atomic mass is 16.5. The van der Waals surface area contributed by atoms with Crippen LogP contribution in [0.4, 0.5) is 0 Å². The van der Waals surface area contributed by atoms with Gasteiger partial charge >= 0.3 is 0 Å². The van der Waals surface area contributed by atoms with Crippen LogP contribution < -0.4 is 10.1 Å². The molecule has 0 spiro atoms. The molecule has 1 atom stereocenters. The number of Topliss-reactive ketones (excluding diaryl/α,β-unsaturated/α-hetero) is 1. The molecule has 1 aliphatic rings. The summed E-state index contributed by atoms with van der Waals surface area (Å²) in [5, 5.41) is 17.1. The SMILES string of the molecule is O=C(CCCOC1C(NC(=O)c2ccccc2)=C(c2nn[nH]n2)Oc2ccccc21)c1ccccc1. The van der Waals surface area contributed by atoms with Gasteiger partial charge in [0.2, 0.25) is 5.82 Å². The van der Waals surface area contributed by atoms with E-state index in [0.717, 1.165) is 5.56 Å². The van der Waals surface area contributed by atoms with Crippen molar-refractivity contribution in [3.8, 4) is 5.75 Å². The van der Waals surface area contributed by atoms with Crippen LogP contribution in [-0.4, -0.2) is 38.9 Å². The number of H-pyrrole nitrogens is 1. The molecule has 3 aromatic carbocycles. The van der Waals surface area contributed by atoms with Crippen molar-refractivity contribution in [3.63, 3.8) is 0 Å². The Morgan fingerprint density at radius 3 is 2.33 bits per heavy atom. The zero-order chi connectivity index (χ0) is 24.7. The fraction of sp³-hybridized carbons (Fsp3) is 0.148. The van der Waals surface area contributed by atoms with Gasteiger partial charge in [0.25, 0.3) is 5.91 Å². The van der Waals surface area contributed by atoms with Crippen molar-refractivity contribution in [2.75, 3.05) is 6.61 Å². The van der Waals surface area contributed by atoms with Gasteiger partial charge in [-0.05, 0) is 29.8 Å². The lowest BCUT2D eigenvalue weighted by Crippen LogP contribution is -2.32. The molecular weight excluding hydrogens is 458 g/mol. The van der Waals surface area contributed by atoms with Crippen molar-refractivity contribution in [2.45, 2.75) is 18.9 Å². The Morgan fingerprint density at radius 1 is 0.917 bits per heavy atom. The summed E-state index contributed by atoms with van der Waals surface area (Å²) >= 11 is 0. The monoisotopic (exact) mass is 481 g/mol. The second-order valence-corrected chi connectivity index (χ2v) is 8.08. The average Bonchev–Trinajstić information content (AvgIpc) is 3.47. The van der Waals surface area contributed by atoms with Gasteiger partial charge in [-0.3, -0.25) is 9.59 Å². The van der Waals surface area contributed by atoms with Crippen LogP contribution in [0, 0.1) is 0 Å². The van der Waals surface area contributed by atoms with E-state index in [0.29, 0.717) is 35.4 Å². The Bertz CT molecular complexity index is 1370. The first kappa shape index (κ1) is 23.1. The molecule has 0 saturated heterocycles. The van der Waals surface area contributed by atoms with E-state index in [9.17, 15) is 9.59 Å². The number of nitrogens with one attached hydrogen (secondary N) is 2. The van der Waals surface area contributed by atoms with Gasteiger partial charge < -0.3 is 14.8 Å². The third-order valence-electron chi connectivity index (χ3n) is 5.68. The van der Waals surface area contributed by atoms with Gasteiger partial charge in [0, 0.05) is 29.7 Å². The smallest absolute Gasteiger partial charge is 0.255 e. The van der Waals surface area contributed by atoms with Crippen LogP contribution in [0.5, 0.6) is 5.75 Å². The van der Waals surface area contributed by atoms with Gasteiger partial charge in [0.1, 0.15) is 11.9 Å². The van der Waals surface area contributed by atoms with Crippen LogP contribution in [0.3, 0.4) is 0 Å². The minimum Gasteiger partial charge on any atom is -0.451 e. The lowest BCUT2D eigenvalue weighted by Gasteiger charge is -2.30. The van der Waals surface area contributed by atoms with E-state index in [4.69, 9.17) is 9.47 Å². The van der Waals surface area contributed by atoms with E-state index in [2.05, 4.69) is 25.9 Å². The molecule has 1 amide bonds. The van der Waals surface area contributed by atoms with Crippen molar-refractivity contribution in [1.82, 2.24) is 25.9 Å². The summed E-state index contributed by atoms with van der Waals surface area (Å²) in [5.74, 6) is 0.688. The number of nitrogens with zero attached hydrogens (tertiary/aromatic N) is 3. The quantitative estimate of drug-likeness (QED) is 0.273. The van der Waals surface area contributed by atoms with E-state index in [-0.39, 0.29) is 29.9 Å². The summed E-state index contributed by atoms with van der Waals surface area (Å²) in [7, 11) is 0.